The lowest BCUT2D eigenvalue weighted by Gasteiger charge is -2.02. The van der Waals surface area contributed by atoms with E-state index < -0.39 is 0 Å². The van der Waals surface area contributed by atoms with Gasteiger partial charge in [0.15, 0.2) is 0 Å². The van der Waals surface area contributed by atoms with Gasteiger partial charge in [0.05, 0.1) is 0 Å². The molecule has 1 heterocycles. The van der Waals surface area contributed by atoms with Gasteiger partial charge < -0.3 is 9.47 Å². The number of aromatic nitrogens is 3. The minimum Gasteiger partial charge on any atom is -0.459 e. The summed E-state index contributed by atoms with van der Waals surface area (Å²) in [6.45, 7) is 7.72. The third-order valence-electron chi connectivity index (χ3n) is 1.19. The number of hydrogen-bond acceptors (Lipinski definition) is 5. The Labute approximate surface area is 82.1 Å². The van der Waals surface area contributed by atoms with E-state index in [1.54, 1.807) is 12.2 Å². The summed E-state index contributed by atoms with van der Waals surface area (Å²) in [5.74, 6) is 0. The molecule has 0 fully saturated rings. The Hall–Kier alpha value is -1.91. The Kier molecular flexibility index (Phi) is 4.13. The maximum Gasteiger partial charge on any atom is 0.322 e. The van der Waals surface area contributed by atoms with Crippen molar-refractivity contribution in [2.75, 3.05) is 13.2 Å². The lowest BCUT2D eigenvalue weighted by molar-refractivity contribution is 0.297. The molecule has 0 atom stereocenters. The van der Waals surface area contributed by atoms with E-state index in [0.29, 0.717) is 13.2 Å². The smallest absolute Gasteiger partial charge is 0.322 e. The first-order chi connectivity index (χ1) is 6.86. The first-order valence-corrected chi connectivity index (χ1v) is 4.03. The van der Waals surface area contributed by atoms with Gasteiger partial charge in [-0.3, -0.25) is 0 Å². The van der Waals surface area contributed by atoms with Crippen LogP contribution in [0.3, 0.4) is 0 Å². The van der Waals surface area contributed by atoms with Gasteiger partial charge in [-0.2, -0.15) is 9.97 Å². The van der Waals surface area contributed by atoms with Crippen LogP contribution in [0.5, 0.6) is 12.0 Å². The Bertz CT molecular complexity index is 287. The van der Waals surface area contributed by atoms with Gasteiger partial charge in [0.1, 0.15) is 19.5 Å². The van der Waals surface area contributed by atoms with Gasteiger partial charge in [0.2, 0.25) is 0 Å². The zero-order chi connectivity index (χ0) is 10.2. The minimum absolute atomic E-state index is 0.221. The summed E-state index contributed by atoms with van der Waals surface area (Å²) in [6, 6.07) is 0.443. The molecule has 0 aliphatic heterocycles. The summed E-state index contributed by atoms with van der Waals surface area (Å²) in [4.78, 5) is 11.5. The summed E-state index contributed by atoms with van der Waals surface area (Å²) in [5, 5.41) is 0. The Morgan fingerprint density at radius 2 is 1.57 bits per heavy atom. The molecule has 0 saturated carbocycles. The van der Waals surface area contributed by atoms with Crippen LogP contribution in [0.2, 0.25) is 0 Å². The van der Waals surface area contributed by atoms with Crippen LogP contribution in [-0.2, 0) is 0 Å². The maximum atomic E-state index is 5.09. The largest absolute Gasteiger partial charge is 0.459 e. The fourth-order valence-electron chi connectivity index (χ4n) is 0.673. The van der Waals surface area contributed by atoms with Gasteiger partial charge in [-0.05, 0) is 0 Å². The summed E-state index contributed by atoms with van der Waals surface area (Å²) in [6.07, 6.45) is 4.53. The molecule has 0 radical (unpaired) electrons. The van der Waals surface area contributed by atoms with Crippen LogP contribution < -0.4 is 9.47 Å². The number of nitrogens with zero attached hydrogens (tertiary/aromatic N) is 3. The van der Waals surface area contributed by atoms with Crippen molar-refractivity contribution in [2.24, 2.45) is 0 Å². The second kappa shape index (κ2) is 5.69. The van der Waals surface area contributed by atoms with E-state index in [1.807, 2.05) is 0 Å². The topological polar surface area (TPSA) is 57.1 Å². The standard InChI is InChI=1S/C9H11N3O2/c1-3-5-13-8-10-7-11-9(12-8)14-6-4-2/h3-4,7H,1-2,5-6H2. The van der Waals surface area contributed by atoms with Crippen molar-refractivity contribution < 1.29 is 9.47 Å². The molecular weight excluding hydrogens is 182 g/mol. The van der Waals surface area contributed by atoms with E-state index in [2.05, 4.69) is 28.1 Å². The molecule has 0 aliphatic rings. The third kappa shape index (κ3) is 3.22. The highest BCUT2D eigenvalue weighted by atomic mass is 16.5. The third-order valence-corrected chi connectivity index (χ3v) is 1.19. The minimum atomic E-state index is 0.221. The van der Waals surface area contributed by atoms with Crippen molar-refractivity contribution in [3.8, 4) is 12.0 Å². The quantitative estimate of drug-likeness (QED) is 0.631. The fraction of sp³-hybridized carbons (Fsp3) is 0.222. The lowest BCUT2D eigenvalue weighted by Crippen LogP contribution is -2.03. The van der Waals surface area contributed by atoms with Crippen LogP contribution in [0.15, 0.2) is 31.6 Å². The first-order valence-electron chi connectivity index (χ1n) is 4.03. The van der Waals surface area contributed by atoms with Crippen molar-refractivity contribution in [3.63, 3.8) is 0 Å². The summed E-state index contributed by atoms with van der Waals surface area (Å²) in [5.41, 5.74) is 0. The monoisotopic (exact) mass is 193 g/mol. The van der Waals surface area contributed by atoms with Crippen LogP contribution in [0.25, 0.3) is 0 Å². The van der Waals surface area contributed by atoms with Gasteiger partial charge in [-0.15, -0.1) is 4.98 Å². The first kappa shape index (κ1) is 10.2. The number of ether oxygens (including phenoxy) is 2. The summed E-state index contributed by atoms with van der Waals surface area (Å²) in [7, 11) is 0. The molecule has 0 bridgehead atoms. The SMILES string of the molecule is C=CCOc1ncnc(OCC=C)n1. The summed E-state index contributed by atoms with van der Waals surface area (Å²) >= 11 is 0. The van der Waals surface area contributed by atoms with Crippen LogP contribution in [0.4, 0.5) is 0 Å². The molecule has 0 aromatic carbocycles. The molecule has 0 N–H and O–H groups in total. The molecule has 0 saturated heterocycles. The molecule has 74 valence electrons. The van der Waals surface area contributed by atoms with Crippen molar-refractivity contribution >= 4 is 0 Å². The van der Waals surface area contributed by atoms with Gasteiger partial charge in [0, 0.05) is 0 Å². The molecule has 1 aromatic heterocycles. The van der Waals surface area contributed by atoms with Crippen molar-refractivity contribution in [2.45, 2.75) is 0 Å². The zero-order valence-electron chi connectivity index (χ0n) is 7.72. The Morgan fingerprint density at radius 1 is 1.07 bits per heavy atom. The predicted molar refractivity (Wildman–Crippen MR) is 51.2 cm³/mol. The van der Waals surface area contributed by atoms with Gasteiger partial charge >= 0.3 is 12.0 Å². The fourth-order valence-corrected chi connectivity index (χ4v) is 0.673. The molecule has 0 unspecified atom stereocenters. The highest BCUT2D eigenvalue weighted by molar-refractivity contribution is 5.00. The van der Waals surface area contributed by atoms with Crippen LogP contribution in [-0.4, -0.2) is 28.2 Å². The molecule has 1 aromatic rings. The highest BCUT2D eigenvalue weighted by Crippen LogP contribution is 2.05. The molecule has 0 spiro atoms. The molecule has 5 nitrogen and oxygen atoms in total. The van der Waals surface area contributed by atoms with Gasteiger partial charge in [-0.1, -0.05) is 25.3 Å². The molecular formula is C9H11N3O2. The van der Waals surface area contributed by atoms with Gasteiger partial charge in [-0.25, -0.2) is 0 Å². The predicted octanol–water partition coefficient (Wildman–Crippen LogP) is 1.00. The van der Waals surface area contributed by atoms with E-state index in [4.69, 9.17) is 9.47 Å². The van der Waals surface area contributed by atoms with E-state index in [1.165, 1.54) is 6.33 Å². The maximum absolute atomic E-state index is 5.09. The summed E-state index contributed by atoms with van der Waals surface area (Å²) < 4.78 is 10.2. The molecule has 0 aliphatic carbocycles. The Morgan fingerprint density at radius 3 is 2.00 bits per heavy atom. The van der Waals surface area contributed by atoms with E-state index in [0.717, 1.165) is 0 Å². The molecule has 5 heteroatoms. The second-order valence-electron chi connectivity index (χ2n) is 2.25. The average molecular weight is 193 g/mol. The molecule has 0 amide bonds. The van der Waals surface area contributed by atoms with E-state index >= 15 is 0 Å². The van der Waals surface area contributed by atoms with Crippen molar-refractivity contribution in [3.05, 3.63) is 31.6 Å². The van der Waals surface area contributed by atoms with Crippen LogP contribution >= 0.6 is 0 Å². The zero-order valence-corrected chi connectivity index (χ0v) is 7.72. The second-order valence-corrected chi connectivity index (χ2v) is 2.25. The Balaban J connectivity index is 2.58. The van der Waals surface area contributed by atoms with E-state index in [-0.39, 0.29) is 12.0 Å². The van der Waals surface area contributed by atoms with Gasteiger partial charge in [0.25, 0.3) is 0 Å². The highest BCUT2D eigenvalue weighted by Gasteiger charge is 2.00. The van der Waals surface area contributed by atoms with Crippen molar-refractivity contribution in [1.82, 2.24) is 15.0 Å². The van der Waals surface area contributed by atoms with Crippen LogP contribution in [0.1, 0.15) is 0 Å². The average Bonchev–Trinajstić information content (AvgIpc) is 2.24. The molecule has 1 rings (SSSR count). The van der Waals surface area contributed by atoms with Crippen molar-refractivity contribution in [1.29, 1.82) is 0 Å². The van der Waals surface area contributed by atoms with Crippen LogP contribution in [0, 0.1) is 0 Å². The number of rotatable bonds is 6. The molecule has 14 heavy (non-hydrogen) atoms. The van der Waals surface area contributed by atoms with E-state index in [9.17, 15) is 0 Å². The number of hydrogen-bond donors (Lipinski definition) is 0. The normalized spacial score (nSPS) is 9.14. The lowest BCUT2D eigenvalue weighted by atomic mass is 10.7.